The lowest BCUT2D eigenvalue weighted by molar-refractivity contribution is 0.337. The van der Waals surface area contributed by atoms with Crippen LogP contribution >= 0.6 is 0 Å². The minimum absolute atomic E-state index is 0.517. The molecule has 100 valence electrons. The summed E-state index contributed by atoms with van der Waals surface area (Å²) >= 11 is 0. The van der Waals surface area contributed by atoms with Crippen molar-refractivity contribution in [1.82, 2.24) is 15.2 Å². The molecular weight excluding hydrogens is 224 g/mol. The SMILES string of the molecule is CNCc1cccnc1N1CCCN(C)CC1C. The number of hydrogen-bond donors (Lipinski definition) is 1. The van der Waals surface area contributed by atoms with E-state index in [0.29, 0.717) is 6.04 Å². The molecule has 0 aromatic carbocycles. The van der Waals surface area contributed by atoms with Crippen molar-refractivity contribution in [2.75, 3.05) is 38.6 Å². The average molecular weight is 248 g/mol. The molecule has 0 aliphatic carbocycles. The average Bonchev–Trinajstić information content (AvgIpc) is 2.51. The number of nitrogens with zero attached hydrogens (tertiary/aromatic N) is 3. The number of pyridine rings is 1. The molecule has 0 amide bonds. The summed E-state index contributed by atoms with van der Waals surface area (Å²) in [5.41, 5.74) is 1.29. The zero-order valence-electron chi connectivity index (χ0n) is 11.7. The summed E-state index contributed by atoms with van der Waals surface area (Å²) in [5, 5.41) is 3.23. The van der Waals surface area contributed by atoms with Gasteiger partial charge in [0.25, 0.3) is 0 Å². The summed E-state index contributed by atoms with van der Waals surface area (Å²) < 4.78 is 0. The number of hydrogen-bond acceptors (Lipinski definition) is 4. The van der Waals surface area contributed by atoms with E-state index in [-0.39, 0.29) is 0 Å². The molecule has 0 radical (unpaired) electrons. The predicted molar refractivity (Wildman–Crippen MR) is 75.9 cm³/mol. The first-order valence-corrected chi connectivity index (χ1v) is 6.76. The van der Waals surface area contributed by atoms with Gasteiger partial charge < -0.3 is 15.1 Å². The summed E-state index contributed by atoms with van der Waals surface area (Å²) in [6.07, 6.45) is 3.10. The highest BCUT2D eigenvalue weighted by atomic mass is 15.3. The number of likely N-dealkylation sites (N-methyl/N-ethyl adjacent to an activating group) is 1. The Labute approximate surface area is 110 Å². The van der Waals surface area contributed by atoms with Crippen LogP contribution in [0.15, 0.2) is 18.3 Å². The first kappa shape index (κ1) is 13.3. The van der Waals surface area contributed by atoms with Gasteiger partial charge in [-0.25, -0.2) is 4.98 Å². The van der Waals surface area contributed by atoms with Crippen LogP contribution in [0.5, 0.6) is 0 Å². The second-order valence-corrected chi connectivity index (χ2v) is 5.17. The van der Waals surface area contributed by atoms with Crippen LogP contribution in [-0.4, -0.2) is 49.7 Å². The van der Waals surface area contributed by atoms with Gasteiger partial charge in [0.1, 0.15) is 5.82 Å². The Morgan fingerprint density at radius 3 is 3.06 bits per heavy atom. The number of aromatic nitrogens is 1. The molecule has 4 heteroatoms. The highest BCUT2D eigenvalue weighted by molar-refractivity contribution is 5.47. The fourth-order valence-electron chi connectivity index (χ4n) is 2.70. The van der Waals surface area contributed by atoms with Crippen LogP contribution in [0.3, 0.4) is 0 Å². The monoisotopic (exact) mass is 248 g/mol. The molecule has 2 rings (SSSR count). The summed E-state index contributed by atoms with van der Waals surface area (Å²) in [6, 6.07) is 4.70. The maximum absolute atomic E-state index is 4.61. The lowest BCUT2D eigenvalue weighted by Gasteiger charge is -2.30. The number of nitrogens with one attached hydrogen (secondary N) is 1. The molecule has 1 aromatic heterocycles. The van der Waals surface area contributed by atoms with Crippen LogP contribution in [0, 0.1) is 0 Å². The molecule has 1 aliphatic heterocycles. The fourth-order valence-corrected chi connectivity index (χ4v) is 2.70. The second kappa shape index (κ2) is 6.16. The molecule has 1 unspecified atom stereocenters. The molecule has 0 bridgehead atoms. The minimum Gasteiger partial charge on any atom is -0.352 e. The van der Waals surface area contributed by atoms with Gasteiger partial charge in [-0.2, -0.15) is 0 Å². The van der Waals surface area contributed by atoms with Crippen LogP contribution in [-0.2, 0) is 6.54 Å². The topological polar surface area (TPSA) is 31.4 Å². The van der Waals surface area contributed by atoms with Gasteiger partial charge in [0.05, 0.1) is 0 Å². The van der Waals surface area contributed by atoms with E-state index >= 15 is 0 Å². The number of rotatable bonds is 3. The normalized spacial score (nSPS) is 21.9. The van der Waals surface area contributed by atoms with Gasteiger partial charge in [0.15, 0.2) is 0 Å². The van der Waals surface area contributed by atoms with E-state index < -0.39 is 0 Å². The van der Waals surface area contributed by atoms with E-state index in [2.05, 4.69) is 40.1 Å². The Balaban J connectivity index is 2.23. The second-order valence-electron chi connectivity index (χ2n) is 5.17. The van der Waals surface area contributed by atoms with Gasteiger partial charge >= 0.3 is 0 Å². The summed E-state index contributed by atoms with van der Waals surface area (Å²) in [6.45, 7) is 6.55. The van der Waals surface area contributed by atoms with E-state index in [0.717, 1.165) is 25.5 Å². The van der Waals surface area contributed by atoms with Crippen molar-refractivity contribution in [3.05, 3.63) is 23.9 Å². The molecular formula is C14H24N4. The third-order valence-electron chi connectivity index (χ3n) is 3.55. The van der Waals surface area contributed by atoms with Crippen molar-refractivity contribution in [3.63, 3.8) is 0 Å². The van der Waals surface area contributed by atoms with Crippen molar-refractivity contribution < 1.29 is 0 Å². The van der Waals surface area contributed by atoms with E-state index in [1.54, 1.807) is 0 Å². The zero-order valence-corrected chi connectivity index (χ0v) is 11.7. The molecule has 18 heavy (non-hydrogen) atoms. The standard InChI is InChI=1S/C14H24N4/c1-12-11-17(3)8-5-9-18(12)14-13(10-15-2)6-4-7-16-14/h4,6-7,12,15H,5,8-11H2,1-3H3. The Kier molecular flexibility index (Phi) is 4.55. The minimum atomic E-state index is 0.517. The lowest BCUT2D eigenvalue weighted by atomic mass is 10.2. The Hall–Kier alpha value is -1.13. The molecule has 1 atom stereocenters. The molecule has 1 aliphatic rings. The van der Waals surface area contributed by atoms with Crippen molar-refractivity contribution in [2.24, 2.45) is 0 Å². The van der Waals surface area contributed by atoms with Gasteiger partial charge in [0, 0.05) is 37.4 Å². The van der Waals surface area contributed by atoms with E-state index in [4.69, 9.17) is 0 Å². The highest BCUT2D eigenvalue weighted by Crippen LogP contribution is 2.21. The van der Waals surface area contributed by atoms with Crippen LogP contribution in [0.4, 0.5) is 5.82 Å². The fraction of sp³-hybridized carbons (Fsp3) is 0.643. The van der Waals surface area contributed by atoms with Crippen molar-refractivity contribution >= 4 is 5.82 Å². The van der Waals surface area contributed by atoms with Crippen molar-refractivity contribution in [1.29, 1.82) is 0 Å². The quantitative estimate of drug-likeness (QED) is 0.874. The van der Waals surface area contributed by atoms with E-state index in [1.807, 2.05) is 19.3 Å². The molecule has 0 spiro atoms. The number of anilines is 1. The maximum atomic E-state index is 4.61. The van der Waals surface area contributed by atoms with Gasteiger partial charge in [-0.3, -0.25) is 0 Å². The smallest absolute Gasteiger partial charge is 0.133 e. The van der Waals surface area contributed by atoms with E-state index in [9.17, 15) is 0 Å². The summed E-state index contributed by atoms with van der Waals surface area (Å²) in [4.78, 5) is 9.47. The Morgan fingerprint density at radius 2 is 2.28 bits per heavy atom. The van der Waals surface area contributed by atoms with Crippen molar-refractivity contribution in [3.8, 4) is 0 Å². The van der Waals surface area contributed by atoms with Gasteiger partial charge in [-0.05, 0) is 40.1 Å². The lowest BCUT2D eigenvalue weighted by Crippen LogP contribution is -2.39. The van der Waals surface area contributed by atoms with Crippen LogP contribution in [0.25, 0.3) is 0 Å². The molecule has 2 heterocycles. The van der Waals surface area contributed by atoms with Crippen molar-refractivity contribution in [2.45, 2.75) is 25.9 Å². The Morgan fingerprint density at radius 1 is 1.44 bits per heavy atom. The van der Waals surface area contributed by atoms with Crippen LogP contribution in [0.1, 0.15) is 18.9 Å². The molecule has 1 saturated heterocycles. The summed E-state index contributed by atoms with van der Waals surface area (Å²) in [7, 11) is 4.18. The third kappa shape index (κ3) is 3.00. The molecule has 1 N–H and O–H groups in total. The first-order chi connectivity index (χ1) is 8.72. The van der Waals surface area contributed by atoms with Gasteiger partial charge in [-0.1, -0.05) is 6.07 Å². The molecule has 1 aromatic rings. The maximum Gasteiger partial charge on any atom is 0.133 e. The highest BCUT2D eigenvalue weighted by Gasteiger charge is 2.22. The van der Waals surface area contributed by atoms with Gasteiger partial charge in [-0.15, -0.1) is 0 Å². The first-order valence-electron chi connectivity index (χ1n) is 6.76. The van der Waals surface area contributed by atoms with Crippen LogP contribution < -0.4 is 10.2 Å². The zero-order chi connectivity index (χ0) is 13.0. The molecule has 0 saturated carbocycles. The van der Waals surface area contributed by atoms with E-state index in [1.165, 1.54) is 18.5 Å². The Bertz CT molecular complexity index is 380. The molecule has 1 fully saturated rings. The molecule has 4 nitrogen and oxygen atoms in total. The largest absolute Gasteiger partial charge is 0.352 e. The van der Waals surface area contributed by atoms with Crippen LogP contribution in [0.2, 0.25) is 0 Å². The predicted octanol–water partition coefficient (Wildman–Crippen LogP) is 1.33. The van der Waals surface area contributed by atoms with Gasteiger partial charge in [0.2, 0.25) is 0 Å². The summed E-state index contributed by atoms with van der Waals surface area (Å²) in [5.74, 6) is 1.15. The third-order valence-corrected chi connectivity index (χ3v) is 3.55.